The number of aromatic nitrogens is 2. The lowest BCUT2D eigenvalue weighted by Gasteiger charge is -2.38. The summed E-state index contributed by atoms with van der Waals surface area (Å²) < 4.78 is 0. The van der Waals surface area contributed by atoms with E-state index in [4.69, 9.17) is 21.6 Å². The summed E-state index contributed by atoms with van der Waals surface area (Å²) in [5.41, 5.74) is 1.93. The third-order valence-electron chi connectivity index (χ3n) is 6.04. The first-order chi connectivity index (χ1) is 14.8. The molecule has 0 radical (unpaired) electrons. The van der Waals surface area contributed by atoms with Gasteiger partial charge in [0.05, 0.1) is 10.8 Å². The predicted octanol–water partition coefficient (Wildman–Crippen LogP) is 4.81. The molecule has 4 rings (SSSR count). The van der Waals surface area contributed by atoms with Crippen LogP contribution in [-0.2, 0) is 11.2 Å². The number of piperazine rings is 1. The topological polar surface area (TPSA) is 49.3 Å². The van der Waals surface area contributed by atoms with Crippen molar-refractivity contribution in [2.24, 2.45) is 5.41 Å². The molecule has 0 N–H and O–H groups in total. The first-order valence-corrected chi connectivity index (χ1v) is 12.1. The van der Waals surface area contributed by atoms with Crippen LogP contribution in [0.3, 0.4) is 0 Å². The number of nitrogens with zero attached hydrogens (tertiary/aromatic N) is 4. The van der Waals surface area contributed by atoms with E-state index in [1.165, 1.54) is 16.0 Å². The molecule has 0 unspecified atom stereocenters. The highest BCUT2D eigenvalue weighted by Gasteiger charge is 2.33. The minimum atomic E-state index is -0.532. The van der Waals surface area contributed by atoms with Crippen molar-refractivity contribution < 1.29 is 4.79 Å². The average Bonchev–Trinajstić information content (AvgIpc) is 3.07. The summed E-state index contributed by atoms with van der Waals surface area (Å²) in [5, 5.41) is 1.15. The molecular formula is C24H29ClN4OS. The second-order valence-corrected chi connectivity index (χ2v) is 10.4. The number of aryl methyl sites for hydroxylation is 2. The molecule has 0 bridgehead atoms. The Balaban J connectivity index is 1.63. The Hall–Kier alpha value is -2.18. The molecule has 0 atom stereocenters. The van der Waals surface area contributed by atoms with Crippen molar-refractivity contribution >= 4 is 44.9 Å². The Bertz CT molecular complexity index is 1090. The molecule has 0 spiro atoms. The zero-order valence-electron chi connectivity index (χ0n) is 18.6. The van der Waals surface area contributed by atoms with Gasteiger partial charge in [0, 0.05) is 43.4 Å². The van der Waals surface area contributed by atoms with E-state index in [0.717, 1.165) is 34.9 Å². The van der Waals surface area contributed by atoms with E-state index in [9.17, 15) is 4.79 Å². The molecule has 1 aromatic carbocycles. The Kier molecular flexibility index (Phi) is 6.22. The summed E-state index contributed by atoms with van der Waals surface area (Å²) in [4.78, 5) is 29.3. The third kappa shape index (κ3) is 4.41. The van der Waals surface area contributed by atoms with Crippen LogP contribution >= 0.6 is 22.9 Å². The summed E-state index contributed by atoms with van der Waals surface area (Å²) in [6.45, 7) is 11.0. The highest BCUT2D eigenvalue weighted by Crippen LogP contribution is 2.36. The highest BCUT2D eigenvalue weighted by atomic mass is 35.5. The molecule has 3 heterocycles. The third-order valence-corrected chi connectivity index (χ3v) is 7.81. The van der Waals surface area contributed by atoms with Gasteiger partial charge in [0.1, 0.15) is 16.5 Å². The number of amides is 1. The van der Waals surface area contributed by atoms with Crippen LogP contribution in [0.5, 0.6) is 0 Å². The number of carbonyl (C=O) groups is 1. The van der Waals surface area contributed by atoms with Crippen molar-refractivity contribution in [2.75, 3.05) is 37.0 Å². The van der Waals surface area contributed by atoms with E-state index in [0.29, 0.717) is 25.4 Å². The largest absolute Gasteiger partial charge is 0.352 e. The van der Waals surface area contributed by atoms with Crippen molar-refractivity contribution in [3.63, 3.8) is 0 Å². The lowest BCUT2D eigenvalue weighted by Crippen LogP contribution is -2.52. The average molecular weight is 457 g/mol. The van der Waals surface area contributed by atoms with Gasteiger partial charge in [-0.05, 0) is 38.8 Å². The standard InChI is InChI=1S/C24H29ClN4OS/c1-16-17(2)31-22-20(16)21(26-19(27-22)14-18-8-6-5-7-9-18)28-10-12-29(13-11-28)23(30)24(3,4)15-25/h5-9H,10-15H2,1-4H3. The van der Waals surface area contributed by atoms with Crippen LogP contribution in [0.1, 0.15) is 35.7 Å². The smallest absolute Gasteiger partial charge is 0.229 e. The number of hydrogen-bond acceptors (Lipinski definition) is 5. The summed E-state index contributed by atoms with van der Waals surface area (Å²) >= 11 is 7.76. The minimum absolute atomic E-state index is 0.127. The Labute approximate surface area is 193 Å². The maximum Gasteiger partial charge on any atom is 0.229 e. The van der Waals surface area contributed by atoms with Crippen LogP contribution in [-0.4, -0.2) is 52.8 Å². The van der Waals surface area contributed by atoms with E-state index < -0.39 is 5.41 Å². The fourth-order valence-electron chi connectivity index (χ4n) is 3.96. The van der Waals surface area contributed by atoms with Crippen molar-refractivity contribution in [2.45, 2.75) is 34.1 Å². The SMILES string of the molecule is Cc1sc2nc(Cc3ccccc3)nc(N3CCN(C(=O)C(C)(C)CCl)CC3)c2c1C. The number of hydrogen-bond donors (Lipinski definition) is 0. The zero-order valence-corrected chi connectivity index (χ0v) is 20.2. The van der Waals surface area contributed by atoms with Crippen molar-refractivity contribution in [1.29, 1.82) is 0 Å². The Morgan fingerprint density at radius 1 is 1.10 bits per heavy atom. The van der Waals surface area contributed by atoms with Gasteiger partial charge in [-0.2, -0.15) is 0 Å². The van der Waals surface area contributed by atoms with Gasteiger partial charge in [0.2, 0.25) is 5.91 Å². The molecule has 1 aliphatic heterocycles. The molecule has 5 nitrogen and oxygen atoms in total. The summed E-state index contributed by atoms with van der Waals surface area (Å²) in [5.74, 6) is 2.30. The van der Waals surface area contributed by atoms with Crippen molar-refractivity contribution in [3.8, 4) is 0 Å². The van der Waals surface area contributed by atoms with Gasteiger partial charge in [0.15, 0.2) is 0 Å². The molecular weight excluding hydrogens is 428 g/mol. The summed E-state index contributed by atoms with van der Waals surface area (Å²) in [7, 11) is 0. The number of thiophene rings is 1. The van der Waals surface area contributed by atoms with E-state index in [1.807, 2.05) is 36.9 Å². The molecule has 164 valence electrons. The Morgan fingerprint density at radius 3 is 2.42 bits per heavy atom. The number of carbonyl (C=O) groups excluding carboxylic acids is 1. The van der Waals surface area contributed by atoms with Gasteiger partial charge in [-0.1, -0.05) is 30.3 Å². The minimum Gasteiger partial charge on any atom is -0.352 e. The van der Waals surface area contributed by atoms with Gasteiger partial charge in [0.25, 0.3) is 0 Å². The van der Waals surface area contributed by atoms with Gasteiger partial charge in [-0.25, -0.2) is 9.97 Å². The molecule has 31 heavy (non-hydrogen) atoms. The molecule has 1 amide bonds. The number of fused-ring (bicyclic) bond motifs is 1. The zero-order chi connectivity index (χ0) is 22.2. The van der Waals surface area contributed by atoms with Crippen LogP contribution < -0.4 is 4.90 Å². The fourth-order valence-corrected chi connectivity index (χ4v) is 5.12. The molecule has 7 heteroatoms. The summed E-state index contributed by atoms with van der Waals surface area (Å²) in [6.07, 6.45) is 0.710. The van der Waals surface area contributed by atoms with Gasteiger partial charge < -0.3 is 9.80 Å². The second-order valence-electron chi connectivity index (χ2n) is 8.89. The van der Waals surface area contributed by atoms with Crippen LogP contribution in [0.4, 0.5) is 5.82 Å². The van der Waals surface area contributed by atoms with Gasteiger partial charge in [-0.15, -0.1) is 22.9 Å². The van der Waals surface area contributed by atoms with E-state index >= 15 is 0 Å². The first-order valence-electron chi connectivity index (χ1n) is 10.7. The van der Waals surface area contributed by atoms with Crippen molar-refractivity contribution in [3.05, 3.63) is 52.2 Å². The van der Waals surface area contributed by atoms with E-state index in [-0.39, 0.29) is 5.91 Å². The fraction of sp³-hybridized carbons (Fsp3) is 0.458. The van der Waals surface area contributed by atoms with Crippen molar-refractivity contribution in [1.82, 2.24) is 14.9 Å². The second kappa shape index (κ2) is 8.75. The monoisotopic (exact) mass is 456 g/mol. The first kappa shape index (κ1) is 22.0. The van der Waals surface area contributed by atoms with E-state index in [2.05, 4.69) is 30.9 Å². The quantitative estimate of drug-likeness (QED) is 0.517. The number of benzene rings is 1. The maximum absolute atomic E-state index is 12.8. The Morgan fingerprint density at radius 2 is 1.77 bits per heavy atom. The molecule has 0 saturated carbocycles. The maximum atomic E-state index is 12.8. The predicted molar refractivity (Wildman–Crippen MR) is 129 cm³/mol. The molecule has 2 aromatic heterocycles. The number of rotatable bonds is 5. The molecule has 0 aliphatic carbocycles. The summed E-state index contributed by atoms with van der Waals surface area (Å²) in [6, 6.07) is 10.3. The highest BCUT2D eigenvalue weighted by molar-refractivity contribution is 7.18. The molecule has 1 aliphatic rings. The molecule has 1 saturated heterocycles. The van der Waals surface area contributed by atoms with Crippen LogP contribution in [0.25, 0.3) is 10.2 Å². The normalized spacial score (nSPS) is 15.0. The lowest BCUT2D eigenvalue weighted by molar-refractivity contribution is -0.139. The van der Waals surface area contributed by atoms with Crippen LogP contribution in [0, 0.1) is 19.3 Å². The van der Waals surface area contributed by atoms with Gasteiger partial charge in [-0.3, -0.25) is 4.79 Å². The van der Waals surface area contributed by atoms with Crippen LogP contribution in [0.2, 0.25) is 0 Å². The molecule has 1 fully saturated rings. The number of anilines is 1. The molecule has 3 aromatic rings. The van der Waals surface area contributed by atoms with Gasteiger partial charge >= 0.3 is 0 Å². The van der Waals surface area contributed by atoms with E-state index in [1.54, 1.807) is 11.3 Å². The lowest BCUT2D eigenvalue weighted by atomic mass is 9.94. The number of halogens is 1. The van der Waals surface area contributed by atoms with Crippen LogP contribution in [0.15, 0.2) is 30.3 Å². The number of alkyl halides is 1.